The van der Waals surface area contributed by atoms with Crippen molar-refractivity contribution in [2.75, 3.05) is 4.90 Å². The summed E-state index contributed by atoms with van der Waals surface area (Å²) in [5, 5.41) is 3.40. The van der Waals surface area contributed by atoms with Gasteiger partial charge in [-0.1, -0.05) is 35.0 Å². The molecule has 5 atom stereocenters. The molecule has 6 nitrogen and oxygen atoms in total. The van der Waals surface area contributed by atoms with Crippen LogP contribution in [-0.2, 0) is 14.3 Å². The van der Waals surface area contributed by atoms with E-state index in [9.17, 15) is 9.59 Å². The number of halogens is 2. The number of hydrogen-bond donors (Lipinski definition) is 0. The molecule has 1 fully saturated rings. The molecule has 0 N–H and O–H groups in total. The van der Waals surface area contributed by atoms with Crippen LogP contribution in [0.3, 0.4) is 0 Å². The number of amides is 1. The molecule has 2 aliphatic heterocycles. The minimum absolute atomic E-state index is 0.0613. The molecule has 5 rings (SSSR count). The Bertz CT molecular complexity index is 1060. The maximum Gasteiger partial charge on any atom is 0.295 e. The number of ketones is 1. The number of benzene rings is 1. The zero-order valence-electron chi connectivity index (χ0n) is 16.5. The summed E-state index contributed by atoms with van der Waals surface area (Å²) in [4.78, 5) is 28.5. The van der Waals surface area contributed by atoms with Crippen molar-refractivity contribution < 1.29 is 18.8 Å². The number of carbonyl (C=O) groups excluding carboxylic acids is 2. The van der Waals surface area contributed by atoms with Gasteiger partial charge in [0.25, 0.3) is 5.91 Å². The van der Waals surface area contributed by atoms with Crippen molar-refractivity contribution in [3.05, 3.63) is 58.6 Å². The summed E-state index contributed by atoms with van der Waals surface area (Å²) in [6.45, 7) is 3.73. The highest BCUT2D eigenvalue weighted by molar-refractivity contribution is 6.25. The lowest BCUT2D eigenvalue weighted by molar-refractivity contribution is -0.131. The third-order valence-electron chi connectivity index (χ3n) is 6.04. The highest BCUT2D eigenvalue weighted by Crippen LogP contribution is 2.49. The first kappa shape index (κ1) is 19.6. The van der Waals surface area contributed by atoms with Crippen LogP contribution in [0.25, 0.3) is 0 Å². The Morgan fingerprint density at radius 3 is 2.50 bits per heavy atom. The normalized spacial score (nSPS) is 30.9. The largest absolute Gasteiger partial charge is 0.482 e. The Morgan fingerprint density at radius 2 is 1.83 bits per heavy atom. The quantitative estimate of drug-likeness (QED) is 0.645. The lowest BCUT2D eigenvalue weighted by Crippen LogP contribution is -2.47. The molecule has 30 heavy (non-hydrogen) atoms. The number of Topliss-reactive ketones (excluding diaryl/α,β-unsaturated/α-hetero) is 1. The van der Waals surface area contributed by atoms with Crippen molar-refractivity contribution in [1.82, 2.24) is 5.16 Å². The highest BCUT2D eigenvalue weighted by Gasteiger charge is 2.55. The van der Waals surface area contributed by atoms with E-state index in [1.54, 1.807) is 13.0 Å². The number of carbonyl (C=O) groups is 2. The van der Waals surface area contributed by atoms with Crippen molar-refractivity contribution in [2.24, 2.45) is 5.92 Å². The Hall–Kier alpha value is -2.31. The maximum atomic E-state index is 13.6. The molecule has 0 spiro atoms. The molecule has 1 saturated carbocycles. The van der Waals surface area contributed by atoms with Gasteiger partial charge in [0.2, 0.25) is 0 Å². The zero-order valence-corrected chi connectivity index (χ0v) is 18.0. The van der Waals surface area contributed by atoms with Crippen LogP contribution < -0.4 is 4.90 Å². The Balaban J connectivity index is 1.65. The molecule has 1 aromatic carbocycles. The number of anilines is 1. The van der Waals surface area contributed by atoms with E-state index in [-0.39, 0.29) is 16.9 Å². The van der Waals surface area contributed by atoms with E-state index < -0.39 is 29.3 Å². The number of aryl methyl sites for hydroxylation is 2. The second-order valence-electron chi connectivity index (χ2n) is 8.16. The molecule has 5 unspecified atom stereocenters. The van der Waals surface area contributed by atoms with E-state index in [1.165, 1.54) is 4.90 Å². The van der Waals surface area contributed by atoms with Gasteiger partial charge in [-0.05, 0) is 32.3 Å². The molecule has 156 valence electrons. The van der Waals surface area contributed by atoms with Crippen LogP contribution in [0.2, 0.25) is 0 Å². The Labute approximate surface area is 183 Å². The van der Waals surface area contributed by atoms with Crippen molar-refractivity contribution in [1.29, 1.82) is 0 Å². The topological polar surface area (TPSA) is 72.6 Å². The monoisotopic (exact) mass is 446 g/mol. The van der Waals surface area contributed by atoms with Crippen LogP contribution in [0.15, 0.2) is 46.2 Å². The van der Waals surface area contributed by atoms with E-state index in [2.05, 4.69) is 5.16 Å². The summed E-state index contributed by atoms with van der Waals surface area (Å²) in [6.07, 6.45) is 0.444. The lowest BCUT2D eigenvalue weighted by atomic mass is 9.77. The first-order valence-corrected chi connectivity index (χ1v) is 10.8. The molecule has 3 aliphatic rings. The molecular weight excluding hydrogens is 427 g/mol. The van der Waals surface area contributed by atoms with Crippen LogP contribution in [0.1, 0.15) is 35.8 Å². The van der Waals surface area contributed by atoms with Gasteiger partial charge in [-0.2, -0.15) is 0 Å². The third-order valence-corrected chi connectivity index (χ3v) is 6.83. The third kappa shape index (κ3) is 2.96. The zero-order chi connectivity index (χ0) is 21.2. The fourth-order valence-corrected chi connectivity index (χ4v) is 5.52. The lowest BCUT2D eigenvalue weighted by Gasteiger charge is -2.39. The van der Waals surface area contributed by atoms with Crippen LogP contribution in [0, 0.1) is 19.8 Å². The minimum Gasteiger partial charge on any atom is -0.482 e. The second-order valence-corrected chi connectivity index (χ2v) is 9.34. The van der Waals surface area contributed by atoms with E-state index in [4.69, 9.17) is 32.5 Å². The molecule has 3 heterocycles. The summed E-state index contributed by atoms with van der Waals surface area (Å²) in [5.74, 6) is -0.0358. The Morgan fingerprint density at radius 1 is 1.10 bits per heavy atom. The average molecular weight is 447 g/mol. The SMILES string of the molecule is Cc1ccc(C2C3=C(OC4C(Cl)CC(Cl)CC4C3=O)C(=O)N2c2cc(C)on2)cc1. The maximum absolute atomic E-state index is 13.6. The van der Waals surface area contributed by atoms with Gasteiger partial charge in [0.1, 0.15) is 11.9 Å². The smallest absolute Gasteiger partial charge is 0.295 e. The minimum atomic E-state index is -0.643. The molecule has 1 aliphatic carbocycles. The summed E-state index contributed by atoms with van der Waals surface area (Å²) in [5.41, 5.74) is 2.23. The van der Waals surface area contributed by atoms with Gasteiger partial charge in [0.05, 0.1) is 22.9 Å². The summed E-state index contributed by atoms with van der Waals surface area (Å²) in [7, 11) is 0. The molecule has 0 radical (unpaired) electrons. The van der Waals surface area contributed by atoms with Crippen LogP contribution in [-0.4, -0.2) is 33.7 Å². The first-order chi connectivity index (χ1) is 14.3. The highest BCUT2D eigenvalue weighted by atomic mass is 35.5. The molecule has 2 aromatic rings. The van der Waals surface area contributed by atoms with Crippen LogP contribution >= 0.6 is 23.2 Å². The molecule has 0 bridgehead atoms. The van der Waals surface area contributed by atoms with Gasteiger partial charge in [0.15, 0.2) is 17.4 Å². The van der Waals surface area contributed by atoms with Gasteiger partial charge in [-0.15, -0.1) is 23.2 Å². The number of nitrogens with zero attached hydrogens (tertiary/aromatic N) is 2. The van der Waals surface area contributed by atoms with Gasteiger partial charge < -0.3 is 9.26 Å². The van der Waals surface area contributed by atoms with Crippen molar-refractivity contribution >= 4 is 40.7 Å². The van der Waals surface area contributed by atoms with Crippen molar-refractivity contribution in [2.45, 2.75) is 49.6 Å². The average Bonchev–Trinajstić information content (AvgIpc) is 3.25. The molecule has 0 saturated heterocycles. The summed E-state index contributed by atoms with van der Waals surface area (Å²) >= 11 is 12.8. The van der Waals surface area contributed by atoms with Gasteiger partial charge in [-0.25, -0.2) is 0 Å². The number of hydrogen-bond acceptors (Lipinski definition) is 5. The van der Waals surface area contributed by atoms with Crippen molar-refractivity contribution in [3.8, 4) is 0 Å². The van der Waals surface area contributed by atoms with E-state index in [0.29, 0.717) is 30.0 Å². The van der Waals surface area contributed by atoms with Gasteiger partial charge in [-0.3, -0.25) is 14.5 Å². The number of ether oxygens (including phenoxy) is 1. The molecular formula is C22H20Cl2N2O4. The first-order valence-electron chi connectivity index (χ1n) is 9.91. The van der Waals surface area contributed by atoms with E-state index >= 15 is 0 Å². The number of rotatable bonds is 2. The molecule has 1 aromatic heterocycles. The Kier molecular flexibility index (Phi) is 4.67. The van der Waals surface area contributed by atoms with Crippen molar-refractivity contribution in [3.63, 3.8) is 0 Å². The van der Waals surface area contributed by atoms with E-state index in [0.717, 1.165) is 11.1 Å². The van der Waals surface area contributed by atoms with Gasteiger partial charge in [0, 0.05) is 11.4 Å². The van der Waals surface area contributed by atoms with Gasteiger partial charge >= 0.3 is 0 Å². The standard InChI is InChI=1S/C22H20Cl2N2O4/c1-10-3-5-12(6-4-10)18-17-19(27)14-8-13(23)9-15(24)20(14)29-21(17)22(28)26(18)16-7-11(2)30-25-16/h3-7,13-15,18,20H,8-9H2,1-2H3. The summed E-state index contributed by atoms with van der Waals surface area (Å²) < 4.78 is 11.3. The number of aromatic nitrogens is 1. The number of fused-ring (bicyclic) bond motifs is 1. The number of alkyl halides is 2. The fourth-order valence-electron chi connectivity index (χ4n) is 4.61. The molecule has 1 amide bonds. The van der Waals surface area contributed by atoms with Crippen LogP contribution in [0.4, 0.5) is 5.82 Å². The fraction of sp³-hybridized carbons (Fsp3) is 0.409. The summed E-state index contributed by atoms with van der Waals surface area (Å²) in [6, 6.07) is 8.76. The van der Waals surface area contributed by atoms with E-state index in [1.807, 2.05) is 31.2 Å². The predicted octanol–water partition coefficient (Wildman–Crippen LogP) is 4.23. The van der Waals surface area contributed by atoms with Crippen LogP contribution in [0.5, 0.6) is 0 Å². The predicted molar refractivity (Wildman–Crippen MR) is 112 cm³/mol. The second kappa shape index (κ2) is 7.13. The molecule has 8 heteroatoms.